The molecule has 0 heteroatoms. The minimum atomic E-state index is -0.712. The minimum Gasteiger partial charge on any atom is -0.0622 e. The van der Waals surface area contributed by atoms with Crippen LogP contribution in [0.25, 0.3) is 122 Å². The zero-order chi connectivity index (χ0) is 57.4. The van der Waals surface area contributed by atoms with Gasteiger partial charge in [0, 0.05) is 0 Å². The van der Waals surface area contributed by atoms with Crippen molar-refractivity contribution in [2.75, 3.05) is 0 Å². The molecular weight excluding hydrogens is 1030 g/mol. The van der Waals surface area contributed by atoms with E-state index in [4.69, 9.17) is 0 Å². The highest BCUT2D eigenvalue weighted by Crippen LogP contribution is 2.59. The van der Waals surface area contributed by atoms with Crippen molar-refractivity contribution in [1.82, 2.24) is 0 Å². The highest BCUT2D eigenvalue weighted by Gasteiger charge is 2.47. The lowest BCUT2D eigenvalue weighted by Gasteiger charge is -2.35. The van der Waals surface area contributed by atoms with Crippen LogP contribution in [0.2, 0.25) is 0 Å². The first-order valence-corrected chi connectivity index (χ1v) is 29.9. The second-order valence-electron chi connectivity index (χ2n) is 22.9. The Hall–Kier alpha value is -10.9. The number of hydrogen-bond acceptors (Lipinski definition) is 0. The molecule has 404 valence electrons. The Bertz CT molecular complexity index is 4460. The second kappa shape index (κ2) is 22.3. The molecule has 0 atom stereocenters. The minimum absolute atomic E-state index is 0.712. The van der Waals surface area contributed by atoms with Gasteiger partial charge in [0.25, 0.3) is 0 Å². The van der Waals surface area contributed by atoms with Crippen LogP contribution in [-0.2, 0) is 5.41 Å². The average Bonchev–Trinajstić information content (AvgIpc) is 1.65. The molecule has 0 spiro atoms. The van der Waals surface area contributed by atoms with Gasteiger partial charge in [-0.2, -0.15) is 0 Å². The molecule has 1 aliphatic rings. The van der Waals surface area contributed by atoms with Crippen LogP contribution in [0.4, 0.5) is 0 Å². The lowest BCUT2D eigenvalue weighted by atomic mass is 9.66. The first kappa shape index (κ1) is 51.9. The number of rotatable bonds is 12. The third kappa shape index (κ3) is 9.68. The van der Waals surface area contributed by atoms with Crippen molar-refractivity contribution in [3.05, 3.63) is 374 Å². The number of benzene rings is 14. The highest BCUT2D eigenvalue weighted by molar-refractivity contribution is 5.97. The molecule has 0 aromatic heterocycles. The molecule has 0 saturated carbocycles. The van der Waals surface area contributed by atoms with E-state index in [0.717, 1.165) is 22.3 Å². The molecule has 0 N–H and O–H groups in total. The number of hydrogen-bond donors (Lipinski definition) is 0. The Balaban J connectivity index is 0.912. The Morgan fingerprint density at radius 3 is 0.860 bits per heavy atom. The molecule has 0 aliphatic heterocycles. The molecule has 14 aromatic rings. The fraction of sp³-hybridized carbons (Fsp3) is 0.0233. The molecule has 0 fully saturated rings. The molecule has 0 bridgehead atoms. The summed E-state index contributed by atoms with van der Waals surface area (Å²) in [5, 5.41) is 0. The van der Waals surface area contributed by atoms with Gasteiger partial charge >= 0.3 is 0 Å². The maximum absolute atomic E-state index is 2.48. The normalized spacial score (nSPS) is 12.1. The van der Waals surface area contributed by atoms with Crippen molar-refractivity contribution in [1.29, 1.82) is 0 Å². The van der Waals surface area contributed by atoms with Crippen LogP contribution in [0.5, 0.6) is 0 Å². The van der Waals surface area contributed by atoms with Gasteiger partial charge in [-0.05, 0) is 218 Å². The third-order valence-electron chi connectivity index (χ3n) is 17.5. The molecule has 1 aliphatic carbocycles. The maximum Gasteiger partial charge on any atom is 0.0714 e. The molecule has 15 rings (SSSR count). The standard InChI is InChI=1S/C86H60/c1-59-45-46-83-82(47-59)85-81(72-40-19-33-65(50-72)60-23-7-2-8-24-60)43-22-44-84(85)86(83,79-41-20-38-70(57-79)66-34-17-36-68(48-66)77-53-73(61-25-9-3-10-26-61)51-74(54-77)62-27-11-4-12-28-62)80-42-21-39-71(58-80)67-35-18-37-69(49-67)78-55-75(63-29-13-5-14-30-63)52-76(56-78)64-31-15-6-16-32-64/h2-58H,1H3. The van der Waals surface area contributed by atoms with Crippen molar-refractivity contribution >= 4 is 0 Å². The van der Waals surface area contributed by atoms with Gasteiger partial charge < -0.3 is 0 Å². The van der Waals surface area contributed by atoms with E-state index in [1.54, 1.807) is 0 Å². The summed E-state index contributed by atoms with van der Waals surface area (Å²) in [6.07, 6.45) is 0. The Labute approximate surface area is 505 Å². The smallest absolute Gasteiger partial charge is 0.0622 e. The average molecular weight is 1090 g/mol. The number of aryl methyl sites for hydroxylation is 1. The largest absolute Gasteiger partial charge is 0.0714 e. The predicted molar refractivity (Wildman–Crippen MR) is 363 cm³/mol. The monoisotopic (exact) mass is 1090 g/mol. The van der Waals surface area contributed by atoms with Crippen molar-refractivity contribution in [3.63, 3.8) is 0 Å². The Morgan fingerprint density at radius 2 is 0.453 bits per heavy atom. The summed E-state index contributed by atoms with van der Waals surface area (Å²) in [5.74, 6) is 0. The lowest BCUT2D eigenvalue weighted by Crippen LogP contribution is -2.28. The Morgan fingerprint density at radius 1 is 0.174 bits per heavy atom. The second-order valence-corrected chi connectivity index (χ2v) is 22.9. The molecule has 14 aromatic carbocycles. The van der Waals surface area contributed by atoms with E-state index in [1.807, 2.05) is 0 Å². The van der Waals surface area contributed by atoms with Gasteiger partial charge in [0.15, 0.2) is 0 Å². The van der Waals surface area contributed by atoms with Crippen LogP contribution < -0.4 is 0 Å². The van der Waals surface area contributed by atoms with Gasteiger partial charge in [0.1, 0.15) is 0 Å². The zero-order valence-electron chi connectivity index (χ0n) is 47.9. The fourth-order valence-electron chi connectivity index (χ4n) is 13.4. The van der Waals surface area contributed by atoms with Crippen molar-refractivity contribution < 1.29 is 0 Å². The SMILES string of the molecule is Cc1ccc2c(c1)-c1c(-c3cccc(-c4ccccc4)c3)cccc1C2(c1cccc(-c2cccc(-c3cc(-c4ccccc4)cc(-c4ccccc4)c3)c2)c1)c1cccc(-c2cccc(-c3cc(-c4ccccc4)cc(-c4ccccc4)c3)c2)c1. The molecule has 0 radical (unpaired) electrons. The summed E-state index contributed by atoms with van der Waals surface area (Å²) >= 11 is 0. The highest BCUT2D eigenvalue weighted by atomic mass is 14.5. The van der Waals surface area contributed by atoms with Gasteiger partial charge in [-0.15, -0.1) is 0 Å². The van der Waals surface area contributed by atoms with Gasteiger partial charge in [-0.3, -0.25) is 0 Å². The summed E-state index contributed by atoms with van der Waals surface area (Å²) in [5.41, 5.74) is 31.8. The maximum atomic E-state index is 2.48. The van der Waals surface area contributed by atoms with Crippen LogP contribution in [0.3, 0.4) is 0 Å². The topological polar surface area (TPSA) is 0 Å². The fourth-order valence-corrected chi connectivity index (χ4v) is 13.4. The summed E-state index contributed by atoms with van der Waals surface area (Å²) in [6.45, 7) is 2.23. The molecule has 0 saturated heterocycles. The first-order valence-electron chi connectivity index (χ1n) is 29.9. The summed E-state index contributed by atoms with van der Waals surface area (Å²) in [7, 11) is 0. The van der Waals surface area contributed by atoms with Crippen LogP contribution in [0.1, 0.15) is 27.8 Å². The molecule has 0 heterocycles. The van der Waals surface area contributed by atoms with E-state index >= 15 is 0 Å². The van der Waals surface area contributed by atoms with Crippen LogP contribution in [-0.4, -0.2) is 0 Å². The van der Waals surface area contributed by atoms with E-state index in [-0.39, 0.29) is 0 Å². The van der Waals surface area contributed by atoms with E-state index in [2.05, 4.69) is 353 Å². The van der Waals surface area contributed by atoms with E-state index in [9.17, 15) is 0 Å². The van der Waals surface area contributed by atoms with Crippen molar-refractivity contribution in [3.8, 4) is 122 Å². The van der Waals surface area contributed by atoms with E-state index in [1.165, 1.54) is 128 Å². The first-order chi connectivity index (χ1) is 42.5. The van der Waals surface area contributed by atoms with Crippen LogP contribution in [0.15, 0.2) is 346 Å². The van der Waals surface area contributed by atoms with Crippen LogP contribution >= 0.6 is 0 Å². The summed E-state index contributed by atoms with van der Waals surface area (Å²) in [6, 6.07) is 128. The molecule has 0 unspecified atom stereocenters. The van der Waals surface area contributed by atoms with E-state index < -0.39 is 5.41 Å². The quantitative estimate of drug-likeness (QED) is 0.114. The van der Waals surface area contributed by atoms with Crippen molar-refractivity contribution in [2.45, 2.75) is 12.3 Å². The lowest BCUT2D eigenvalue weighted by molar-refractivity contribution is 0.769. The Kier molecular flexibility index (Phi) is 13.5. The zero-order valence-corrected chi connectivity index (χ0v) is 47.9. The van der Waals surface area contributed by atoms with Gasteiger partial charge in [-0.25, -0.2) is 0 Å². The molecular formula is C86H60. The van der Waals surface area contributed by atoms with Gasteiger partial charge in [0.2, 0.25) is 0 Å². The van der Waals surface area contributed by atoms with Gasteiger partial charge in [0.05, 0.1) is 5.41 Å². The summed E-state index contributed by atoms with van der Waals surface area (Å²) < 4.78 is 0. The molecule has 86 heavy (non-hydrogen) atoms. The van der Waals surface area contributed by atoms with Crippen LogP contribution in [0, 0.1) is 6.92 Å². The van der Waals surface area contributed by atoms with E-state index in [0.29, 0.717) is 0 Å². The third-order valence-corrected chi connectivity index (χ3v) is 17.5. The molecule has 0 nitrogen and oxygen atoms in total. The molecule has 0 amide bonds. The van der Waals surface area contributed by atoms with Gasteiger partial charge in [-0.1, -0.05) is 285 Å². The number of fused-ring (bicyclic) bond motifs is 3. The van der Waals surface area contributed by atoms with Crippen molar-refractivity contribution in [2.24, 2.45) is 0 Å². The summed E-state index contributed by atoms with van der Waals surface area (Å²) in [4.78, 5) is 0. The predicted octanol–water partition coefficient (Wildman–Crippen LogP) is 23.0.